The summed E-state index contributed by atoms with van der Waals surface area (Å²) in [5.41, 5.74) is -2.99. The van der Waals surface area contributed by atoms with Gasteiger partial charge in [-0.05, 0) is 18.2 Å². The minimum atomic E-state index is -4.66. The van der Waals surface area contributed by atoms with Gasteiger partial charge in [-0.3, -0.25) is 4.79 Å². The third-order valence-electron chi connectivity index (χ3n) is 3.60. The van der Waals surface area contributed by atoms with Crippen LogP contribution in [0.1, 0.15) is 28.8 Å². The molecule has 5 nitrogen and oxygen atoms in total. The number of aliphatic carboxylic acids is 1. The highest BCUT2D eigenvalue weighted by Gasteiger charge is 2.42. The summed E-state index contributed by atoms with van der Waals surface area (Å²) in [5, 5.41) is 11.4. The summed E-state index contributed by atoms with van der Waals surface area (Å²) in [5.74, 6) is -2.19. The summed E-state index contributed by atoms with van der Waals surface area (Å²) in [7, 11) is 0. The normalized spacial score (nSPS) is 17.6. The van der Waals surface area contributed by atoms with Crippen LogP contribution in [0.5, 0.6) is 0 Å². The molecule has 0 atom stereocenters. The number of hydrogen-bond acceptors (Lipinski definition) is 3. The number of halogens is 4. The summed E-state index contributed by atoms with van der Waals surface area (Å²) in [6.07, 6.45) is -4.61. The molecule has 0 bridgehead atoms. The topological polar surface area (TPSA) is 75.6 Å². The van der Waals surface area contributed by atoms with E-state index in [-0.39, 0.29) is 36.6 Å². The summed E-state index contributed by atoms with van der Waals surface area (Å²) >= 11 is 5.62. The molecule has 0 unspecified atom stereocenters. The van der Waals surface area contributed by atoms with Crippen molar-refractivity contribution in [1.82, 2.24) is 5.32 Å². The van der Waals surface area contributed by atoms with E-state index >= 15 is 0 Å². The minimum absolute atomic E-state index is 0.0285. The number of hydrogen-bond donors (Lipinski definition) is 2. The second-order valence-electron chi connectivity index (χ2n) is 5.18. The number of carboxylic acid groups (broad SMARTS) is 1. The third-order valence-corrected chi connectivity index (χ3v) is 3.81. The van der Waals surface area contributed by atoms with Crippen LogP contribution in [-0.4, -0.2) is 35.7 Å². The Morgan fingerprint density at radius 3 is 2.35 bits per heavy atom. The van der Waals surface area contributed by atoms with Crippen molar-refractivity contribution in [3.05, 3.63) is 34.3 Å². The Morgan fingerprint density at radius 1 is 1.22 bits per heavy atom. The second kappa shape index (κ2) is 6.37. The first-order chi connectivity index (χ1) is 10.6. The second-order valence-corrected chi connectivity index (χ2v) is 5.62. The lowest BCUT2D eigenvalue weighted by Crippen LogP contribution is -2.57. The van der Waals surface area contributed by atoms with Gasteiger partial charge in [0.2, 0.25) is 0 Å². The highest BCUT2D eigenvalue weighted by atomic mass is 35.5. The Balaban J connectivity index is 2.29. The van der Waals surface area contributed by atoms with Crippen molar-refractivity contribution < 1.29 is 32.6 Å². The molecule has 1 aromatic carbocycles. The molecule has 1 amide bonds. The highest BCUT2D eigenvalue weighted by Crippen LogP contribution is 2.32. The van der Waals surface area contributed by atoms with E-state index in [9.17, 15) is 27.9 Å². The van der Waals surface area contributed by atoms with Crippen molar-refractivity contribution >= 4 is 23.5 Å². The van der Waals surface area contributed by atoms with Gasteiger partial charge in [0.1, 0.15) is 5.54 Å². The molecule has 1 aliphatic heterocycles. The molecule has 1 aromatic rings. The summed E-state index contributed by atoms with van der Waals surface area (Å²) in [6, 6.07) is 2.39. The number of alkyl halides is 3. The lowest BCUT2D eigenvalue weighted by Gasteiger charge is -2.33. The van der Waals surface area contributed by atoms with Gasteiger partial charge in [-0.15, -0.1) is 0 Å². The van der Waals surface area contributed by atoms with Crippen molar-refractivity contribution in [3.8, 4) is 0 Å². The largest absolute Gasteiger partial charge is 0.480 e. The van der Waals surface area contributed by atoms with Crippen LogP contribution in [-0.2, 0) is 15.7 Å². The molecule has 1 heterocycles. The number of carbonyl (C=O) groups is 2. The van der Waals surface area contributed by atoms with E-state index in [1.54, 1.807) is 0 Å². The van der Waals surface area contributed by atoms with Gasteiger partial charge in [-0.2, -0.15) is 13.2 Å². The van der Waals surface area contributed by atoms with Gasteiger partial charge in [0, 0.05) is 36.6 Å². The zero-order valence-corrected chi connectivity index (χ0v) is 12.5. The minimum Gasteiger partial charge on any atom is -0.480 e. The van der Waals surface area contributed by atoms with Gasteiger partial charge in [-0.1, -0.05) is 11.6 Å². The molecule has 0 radical (unpaired) electrons. The Morgan fingerprint density at radius 2 is 1.83 bits per heavy atom. The van der Waals surface area contributed by atoms with Gasteiger partial charge in [0.25, 0.3) is 5.91 Å². The molecular weight excluding hydrogens is 339 g/mol. The molecule has 126 valence electrons. The van der Waals surface area contributed by atoms with Crippen LogP contribution >= 0.6 is 11.6 Å². The number of nitrogens with one attached hydrogen (secondary N) is 1. The Hall–Kier alpha value is -1.80. The molecule has 0 saturated carbocycles. The van der Waals surface area contributed by atoms with E-state index in [1.165, 1.54) is 0 Å². The smallest absolute Gasteiger partial charge is 0.416 e. The van der Waals surface area contributed by atoms with Crippen molar-refractivity contribution in [1.29, 1.82) is 0 Å². The lowest BCUT2D eigenvalue weighted by atomic mass is 9.89. The van der Waals surface area contributed by atoms with E-state index in [2.05, 4.69) is 5.32 Å². The first-order valence-corrected chi connectivity index (χ1v) is 7.03. The van der Waals surface area contributed by atoms with E-state index in [1.807, 2.05) is 0 Å². The average molecular weight is 352 g/mol. The molecular formula is C14H13ClF3NO4. The number of benzene rings is 1. The predicted octanol–water partition coefficient (Wildman–Crippen LogP) is 2.72. The molecule has 0 spiro atoms. The standard InChI is InChI=1S/C14H13ClF3NO4/c15-10-6-8(5-9(7-10)14(16,17)18)11(20)19-13(12(21)22)1-3-23-4-2-13/h5-7H,1-4H2,(H,19,20)(H,21,22). The van der Waals surface area contributed by atoms with Crippen LogP contribution in [0, 0.1) is 0 Å². The number of carboxylic acids is 1. The molecule has 0 aliphatic carbocycles. The van der Waals surface area contributed by atoms with E-state index < -0.39 is 29.2 Å². The Kier molecular flexibility index (Phi) is 4.86. The van der Waals surface area contributed by atoms with Crippen LogP contribution in [0.2, 0.25) is 5.02 Å². The van der Waals surface area contributed by atoms with Gasteiger partial charge >= 0.3 is 12.1 Å². The lowest BCUT2D eigenvalue weighted by molar-refractivity contribution is -0.148. The Labute approximate surface area is 134 Å². The van der Waals surface area contributed by atoms with Crippen molar-refractivity contribution in [2.45, 2.75) is 24.6 Å². The van der Waals surface area contributed by atoms with Gasteiger partial charge < -0.3 is 15.2 Å². The maximum Gasteiger partial charge on any atom is 0.416 e. The average Bonchev–Trinajstić information content (AvgIpc) is 2.46. The summed E-state index contributed by atoms with van der Waals surface area (Å²) in [6.45, 7) is 0.270. The monoisotopic (exact) mass is 351 g/mol. The fourth-order valence-corrected chi connectivity index (χ4v) is 2.52. The summed E-state index contributed by atoms with van der Waals surface area (Å²) < 4.78 is 43.4. The van der Waals surface area contributed by atoms with Gasteiger partial charge in [0.15, 0.2) is 0 Å². The molecule has 9 heteroatoms. The van der Waals surface area contributed by atoms with Crippen molar-refractivity contribution in [2.24, 2.45) is 0 Å². The number of rotatable bonds is 3. The molecule has 1 fully saturated rings. The van der Waals surface area contributed by atoms with Crippen LogP contribution in [0.15, 0.2) is 18.2 Å². The van der Waals surface area contributed by atoms with Crippen LogP contribution in [0.4, 0.5) is 13.2 Å². The maximum atomic E-state index is 12.8. The quantitative estimate of drug-likeness (QED) is 0.878. The van der Waals surface area contributed by atoms with Gasteiger partial charge in [0.05, 0.1) is 5.56 Å². The number of amides is 1. The SMILES string of the molecule is O=C(NC1(C(=O)O)CCOCC1)c1cc(Cl)cc(C(F)(F)F)c1. The fourth-order valence-electron chi connectivity index (χ4n) is 2.29. The zero-order valence-electron chi connectivity index (χ0n) is 11.7. The van der Waals surface area contributed by atoms with E-state index in [0.717, 1.165) is 6.07 Å². The van der Waals surface area contributed by atoms with E-state index in [0.29, 0.717) is 12.1 Å². The van der Waals surface area contributed by atoms with Crippen LogP contribution in [0.25, 0.3) is 0 Å². The molecule has 0 aromatic heterocycles. The number of ether oxygens (including phenoxy) is 1. The van der Waals surface area contributed by atoms with Crippen molar-refractivity contribution in [3.63, 3.8) is 0 Å². The summed E-state index contributed by atoms with van der Waals surface area (Å²) in [4.78, 5) is 23.7. The van der Waals surface area contributed by atoms with Crippen molar-refractivity contribution in [2.75, 3.05) is 13.2 Å². The first-order valence-electron chi connectivity index (χ1n) is 6.65. The zero-order chi connectivity index (χ0) is 17.3. The Bertz CT molecular complexity index is 627. The maximum absolute atomic E-state index is 12.8. The van der Waals surface area contributed by atoms with E-state index in [4.69, 9.17) is 16.3 Å². The fraction of sp³-hybridized carbons (Fsp3) is 0.429. The molecule has 1 aliphatic rings. The first kappa shape index (κ1) is 17.6. The number of carbonyl (C=O) groups excluding carboxylic acids is 1. The molecule has 2 N–H and O–H groups in total. The predicted molar refractivity (Wildman–Crippen MR) is 74.3 cm³/mol. The molecule has 1 saturated heterocycles. The van der Waals surface area contributed by atoms with Crippen LogP contribution < -0.4 is 5.32 Å². The highest BCUT2D eigenvalue weighted by molar-refractivity contribution is 6.31. The van der Waals surface area contributed by atoms with Crippen LogP contribution in [0.3, 0.4) is 0 Å². The molecule has 2 rings (SSSR count). The molecule has 23 heavy (non-hydrogen) atoms. The third kappa shape index (κ3) is 3.94. The van der Waals surface area contributed by atoms with Gasteiger partial charge in [-0.25, -0.2) is 4.79 Å².